The fraction of sp³-hybridized carbons (Fsp3) is 0.278. The van der Waals surface area contributed by atoms with Gasteiger partial charge in [0.2, 0.25) is 5.91 Å². The van der Waals surface area contributed by atoms with E-state index in [1.54, 1.807) is 17.0 Å². The van der Waals surface area contributed by atoms with Crippen LogP contribution in [0.25, 0.3) is 0 Å². The second-order valence-electron chi connectivity index (χ2n) is 5.60. The summed E-state index contributed by atoms with van der Waals surface area (Å²) < 4.78 is 13.0. The molecule has 0 aliphatic carbocycles. The zero-order valence-corrected chi connectivity index (χ0v) is 12.6. The number of carbonyl (C=O) groups is 1. The van der Waals surface area contributed by atoms with Crippen molar-refractivity contribution in [2.45, 2.75) is 19.5 Å². The Morgan fingerprint density at radius 3 is 2.41 bits per heavy atom. The van der Waals surface area contributed by atoms with E-state index in [4.69, 9.17) is 0 Å². The summed E-state index contributed by atoms with van der Waals surface area (Å²) in [5.74, 6) is -0.222. The van der Waals surface area contributed by atoms with Crippen molar-refractivity contribution in [1.82, 2.24) is 4.90 Å². The molecule has 1 heterocycles. The summed E-state index contributed by atoms with van der Waals surface area (Å²) in [6.07, 6.45) is 0. The molecule has 1 aliphatic heterocycles. The quantitative estimate of drug-likeness (QED) is 0.869. The SMILES string of the molecule is CC1C(=O)N(c2ccc(F)cc2)CCN1Cc1ccccc1. The van der Waals surface area contributed by atoms with Crippen molar-refractivity contribution >= 4 is 11.6 Å². The Bertz CT molecular complexity index is 642. The summed E-state index contributed by atoms with van der Waals surface area (Å²) in [7, 11) is 0. The number of piperazine rings is 1. The molecule has 1 saturated heterocycles. The average molecular weight is 298 g/mol. The third-order valence-electron chi connectivity index (χ3n) is 4.15. The third kappa shape index (κ3) is 3.02. The first-order valence-electron chi connectivity index (χ1n) is 7.50. The van der Waals surface area contributed by atoms with Crippen molar-refractivity contribution in [3.8, 4) is 0 Å². The van der Waals surface area contributed by atoms with Gasteiger partial charge in [-0.25, -0.2) is 4.39 Å². The number of amides is 1. The molecule has 0 aromatic heterocycles. The molecule has 114 valence electrons. The average Bonchev–Trinajstić information content (AvgIpc) is 2.54. The molecule has 3 nitrogen and oxygen atoms in total. The number of carbonyl (C=O) groups excluding carboxylic acids is 1. The van der Waals surface area contributed by atoms with E-state index in [0.29, 0.717) is 6.54 Å². The first-order valence-corrected chi connectivity index (χ1v) is 7.50. The Balaban J connectivity index is 1.72. The van der Waals surface area contributed by atoms with E-state index in [0.717, 1.165) is 18.8 Å². The van der Waals surface area contributed by atoms with Crippen molar-refractivity contribution < 1.29 is 9.18 Å². The van der Waals surface area contributed by atoms with Crippen LogP contribution in [-0.4, -0.2) is 29.9 Å². The lowest BCUT2D eigenvalue weighted by Gasteiger charge is -2.39. The molecule has 0 spiro atoms. The van der Waals surface area contributed by atoms with Gasteiger partial charge in [0, 0.05) is 25.3 Å². The fourth-order valence-electron chi connectivity index (χ4n) is 2.83. The molecule has 1 fully saturated rings. The van der Waals surface area contributed by atoms with Crippen LogP contribution < -0.4 is 4.90 Å². The molecule has 1 amide bonds. The molecular formula is C18H19FN2O. The molecule has 0 radical (unpaired) electrons. The number of benzene rings is 2. The highest BCUT2D eigenvalue weighted by atomic mass is 19.1. The zero-order chi connectivity index (χ0) is 15.5. The number of hydrogen-bond acceptors (Lipinski definition) is 2. The summed E-state index contributed by atoms with van der Waals surface area (Å²) in [5.41, 5.74) is 1.97. The topological polar surface area (TPSA) is 23.6 Å². The molecule has 1 aliphatic rings. The summed E-state index contributed by atoms with van der Waals surface area (Å²) in [4.78, 5) is 16.5. The maximum Gasteiger partial charge on any atom is 0.244 e. The van der Waals surface area contributed by atoms with E-state index in [9.17, 15) is 9.18 Å². The lowest BCUT2D eigenvalue weighted by atomic mass is 10.1. The minimum atomic E-state index is -0.285. The monoisotopic (exact) mass is 298 g/mol. The van der Waals surface area contributed by atoms with Crippen LogP contribution in [0.3, 0.4) is 0 Å². The normalized spacial score (nSPS) is 19.5. The van der Waals surface area contributed by atoms with Crippen LogP contribution in [0.5, 0.6) is 0 Å². The Hall–Kier alpha value is -2.20. The summed E-state index contributed by atoms with van der Waals surface area (Å²) in [6, 6.07) is 16.1. The van der Waals surface area contributed by atoms with Gasteiger partial charge in [-0.3, -0.25) is 9.69 Å². The molecule has 0 bridgehead atoms. The van der Waals surface area contributed by atoms with Crippen LogP contribution in [0, 0.1) is 5.82 Å². The second-order valence-corrected chi connectivity index (χ2v) is 5.60. The van der Waals surface area contributed by atoms with E-state index in [1.807, 2.05) is 25.1 Å². The van der Waals surface area contributed by atoms with E-state index in [-0.39, 0.29) is 17.8 Å². The molecule has 0 saturated carbocycles. The molecule has 0 N–H and O–H groups in total. The van der Waals surface area contributed by atoms with Gasteiger partial charge < -0.3 is 4.90 Å². The van der Waals surface area contributed by atoms with E-state index in [2.05, 4.69) is 17.0 Å². The highest BCUT2D eigenvalue weighted by Crippen LogP contribution is 2.22. The van der Waals surface area contributed by atoms with Crippen LogP contribution in [0.15, 0.2) is 54.6 Å². The van der Waals surface area contributed by atoms with E-state index < -0.39 is 0 Å². The highest BCUT2D eigenvalue weighted by molar-refractivity contribution is 5.97. The van der Waals surface area contributed by atoms with Crippen molar-refractivity contribution in [1.29, 1.82) is 0 Å². The highest BCUT2D eigenvalue weighted by Gasteiger charge is 2.32. The Kier molecular flexibility index (Phi) is 4.20. The molecule has 2 aromatic rings. The van der Waals surface area contributed by atoms with Gasteiger partial charge in [-0.1, -0.05) is 30.3 Å². The minimum Gasteiger partial charge on any atom is -0.310 e. The predicted molar refractivity (Wildman–Crippen MR) is 85.1 cm³/mol. The lowest BCUT2D eigenvalue weighted by molar-refractivity contribution is -0.125. The molecule has 22 heavy (non-hydrogen) atoms. The number of anilines is 1. The van der Waals surface area contributed by atoms with Gasteiger partial charge >= 0.3 is 0 Å². The molecular weight excluding hydrogens is 279 g/mol. The van der Waals surface area contributed by atoms with Crippen LogP contribution in [0.2, 0.25) is 0 Å². The summed E-state index contributed by atoms with van der Waals surface area (Å²) in [6.45, 7) is 4.13. The number of nitrogens with zero attached hydrogens (tertiary/aromatic N) is 2. The first kappa shape index (κ1) is 14.7. The summed E-state index contributed by atoms with van der Waals surface area (Å²) in [5, 5.41) is 0. The largest absolute Gasteiger partial charge is 0.310 e. The van der Waals surface area contributed by atoms with Gasteiger partial charge in [0.05, 0.1) is 6.04 Å². The Labute approximate surface area is 130 Å². The lowest BCUT2D eigenvalue weighted by Crippen LogP contribution is -2.55. The maximum absolute atomic E-state index is 13.0. The molecule has 1 unspecified atom stereocenters. The van der Waals surface area contributed by atoms with Crippen molar-refractivity contribution in [3.63, 3.8) is 0 Å². The second kappa shape index (κ2) is 6.28. The Morgan fingerprint density at radius 2 is 1.73 bits per heavy atom. The standard InChI is InChI=1S/C18H19FN2O/c1-14-18(22)21(17-9-7-16(19)8-10-17)12-11-20(14)13-15-5-3-2-4-6-15/h2-10,14H,11-13H2,1H3. The van der Waals surface area contributed by atoms with Crippen molar-refractivity contribution in [2.75, 3.05) is 18.0 Å². The van der Waals surface area contributed by atoms with Gasteiger partial charge in [0.15, 0.2) is 0 Å². The number of rotatable bonds is 3. The van der Waals surface area contributed by atoms with Gasteiger partial charge in [-0.05, 0) is 36.8 Å². The van der Waals surface area contributed by atoms with Crippen LogP contribution >= 0.6 is 0 Å². The van der Waals surface area contributed by atoms with Crippen LogP contribution in [-0.2, 0) is 11.3 Å². The van der Waals surface area contributed by atoms with E-state index >= 15 is 0 Å². The van der Waals surface area contributed by atoms with Crippen molar-refractivity contribution in [2.24, 2.45) is 0 Å². The molecule has 2 aromatic carbocycles. The third-order valence-corrected chi connectivity index (χ3v) is 4.15. The van der Waals surface area contributed by atoms with Gasteiger partial charge in [0.1, 0.15) is 5.82 Å². The maximum atomic E-state index is 13.0. The molecule has 1 atom stereocenters. The fourth-order valence-corrected chi connectivity index (χ4v) is 2.83. The number of hydrogen-bond donors (Lipinski definition) is 0. The predicted octanol–water partition coefficient (Wildman–Crippen LogP) is 3.06. The summed E-state index contributed by atoms with van der Waals surface area (Å²) >= 11 is 0. The molecule has 3 rings (SSSR count). The van der Waals surface area contributed by atoms with Gasteiger partial charge in [-0.15, -0.1) is 0 Å². The van der Waals surface area contributed by atoms with Gasteiger partial charge in [0.25, 0.3) is 0 Å². The Morgan fingerprint density at radius 1 is 1.05 bits per heavy atom. The smallest absolute Gasteiger partial charge is 0.244 e. The zero-order valence-electron chi connectivity index (χ0n) is 12.6. The van der Waals surface area contributed by atoms with Crippen LogP contribution in [0.1, 0.15) is 12.5 Å². The minimum absolute atomic E-state index is 0.0637. The van der Waals surface area contributed by atoms with E-state index in [1.165, 1.54) is 17.7 Å². The molecule has 4 heteroatoms. The number of halogens is 1. The first-order chi connectivity index (χ1) is 10.6. The van der Waals surface area contributed by atoms with Crippen molar-refractivity contribution in [3.05, 3.63) is 66.0 Å². The van der Waals surface area contributed by atoms with Crippen LogP contribution in [0.4, 0.5) is 10.1 Å². The van der Waals surface area contributed by atoms with Gasteiger partial charge in [-0.2, -0.15) is 0 Å².